The summed E-state index contributed by atoms with van der Waals surface area (Å²) in [6.07, 6.45) is 1.72. The zero-order valence-electron chi connectivity index (χ0n) is 12.6. The summed E-state index contributed by atoms with van der Waals surface area (Å²) in [5.41, 5.74) is 0.723. The minimum absolute atomic E-state index is 0.264. The summed E-state index contributed by atoms with van der Waals surface area (Å²) >= 11 is 1.90. The van der Waals surface area contributed by atoms with E-state index >= 15 is 0 Å². The van der Waals surface area contributed by atoms with Gasteiger partial charge in [0.2, 0.25) is 0 Å². The lowest BCUT2D eigenvalue weighted by Crippen LogP contribution is -2.34. The number of hydrogen-bond donors (Lipinski definition) is 1. The number of halogens is 2. The van der Waals surface area contributed by atoms with Gasteiger partial charge in [0.1, 0.15) is 11.6 Å². The van der Waals surface area contributed by atoms with Crippen LogP contribution in [0.5, 0.6) is 0 Å². The molecule has 1 aromatic rings. The van der Waals surface area contributed by atoms with Crippen LogP contribution in [-0.2, 0) is 6.42 Å². The number of benzene rings is 1. The summed E-state index contributed by atoms with van der Waals surface area (Å²) in [4.78, 5) is 0. The van der Waals surface area contributed by atoms with Crippen molar-refractivity contribution in [2.75, 3.05) is 18.1 Å². The van der Waals surface area contributed by atoms with Crippen molar-refractivity contribution in [3.63, 3.8) is 0 Å². The van der Waals surface area contributed by atoms with Crippen LogP contribution in [-0.4, -0.2) is 24.1 Å². The Bertz CT molecular complexity index is 376. The van der Waals surface area contributed by atoms with Crippen molar-refractivity contribution in [3.05, 3.63) is 35.4 Å². The molecular formula is C16H25F2NS. The van der Waals surface area contributed by atoms with Gasteiger partial charge >= 0.3 is 0 Å². The fraction of sp³-hybridized carbons (Fsp3) is 0.625. The quantitative estimate of drug-likeness (QED) is 0.731. The highest BCUT2D eigenvalue weighted by Crippen LogP contribution is 2.14. The zero-order chi connectivity index (χ0) is 15.0. The zero-order valence-corrected chi connectivity index (χ0v) is 13.4. The van der Waals surface area contributed by atoms with Gasteiger partial charge in [-0.15, -0.1) is 0 Å². The van der Waals surface area contributed by atoms with E-state index < -0.39 is 11.6 Å². The van der Waals surface area contributed by atoms with Crippen LogP contribution in [0.3, 0.4) is 0 Å². The van der Waals surface area contributed by atoms with Crippen LogP contribution in [0.1, 0.15) is 32.8 Å². The lowest BCUT2D eigenvalue weighted by atomic mass is 10.1. The molecule has 0 aliphatic carbocycles. The monoisotopic (exact) mass is 301 g/mol. The first-order valence-corrected chi connectivity index (χ1v) is 8.42. The van der Waals surface area contributed by atoms with Gasteiger partial charge < -0.3 is 5.32 Å². The molecule has 0 radical (unpaired) electrons. The Morgan fingerprint density at radius 3 is 2.30 bits per heavy atom. The largest absolute Gasteiger partial charge is 0.313 e. The molecule has 0 aromatic heterocycles. The maximum atomic E-state index is 13.2. The van der Waals surface area contributed by atoms with E-state index in [2.05, 4.69) is 26.1 Å². The smallest absolute Gasteiger partial charge is 0.126 e. The summed E-state index contributed by atoms with van der Waals surface area (Å²) in [6, 6.07) is 4.04. The van der Waals surface area contributed by atoms with Gasteiger partial charge in [-0.25, -0.2) is 8.78 Å². The van der Waals surface area contributed by atoms with E-state index in [1.807, 2.05) is 11.8 Å². The van der Waals surface area contributed by atoms with Crippen molar-refractivity contribution in [1.82, 2.24) is 5.32 Å². The Balaban J connectivity index is 2.57. The third-order valence-corrected chi connectivity index (χ3v) is 4.40. The molecule has 0 aliphatic rings. The first-order chi connectivity index (χ1) is 9.51. The molecule has 1 unspecified atom stereocenters. The van der Waals surface area contributed by atoms with Crippen LogP contribution in [0.4, 0.5) is 8.78 Å². The van der Waals surface area contributed by atoms with Gasteiger partial charge in [-0.2, -0.15) is 11.8 Å². The molecule has 0 saturated carbocycles. The second-order valence-corrected chi connectivity index (χ2v) is 6.64. The summed E-state index contributed by atoms with van der Waals surface area (Å²) < 4.78 is 26.4. The molecule has 1 N–H and O–H groups in total. The lowest BCUT2D eigenvalue weighted by molar-refractivity contribution is 0.540. The van der Waals surface area contributed by atoms with Gasteiger partial charge in [0, 0.05) is 17.9 Å². The third kappa shape index (κ3) is 7.25. The lowest BCUT2D eigenvalue weighted by Gasteiger charge is -2.19. The molecule has 0 bridgehead atoms. The second kappa shape index (κ2) is 9.35. The minimum atomic E-state index is -0.496. The number of nitrogens with one attached hydrogen (secondary N) is 1. The predicted octanol–water partition coefficient (Wildman–Crippen LogP) is 4.26. The minimum Gasteiger partial charge on any atom is -0.313 e. The van der Waals surface area contributed by atoms with Crippen LogP contribution < -0.4 is 5.32 Å². The van der Waals surface area contributed by atoms with Crippen LogP contribution in [0.15, 0.2) is 18.2 Å². The maximum Gasteiger partial charge on any atom is 0.126 e. The fourth-order valence-electron chi connectivity index (χ4n) is 2.00. The van der Waals surface area contributed by atoms with E-state index in [1.54, 1.807) is 0 Å². The number of thioether (sulfide) groups is 1. The van der Waals surface area contributed by atoms with Crippen molar-refractivity contribution in [3.8, 4) is 0 Å². The summed E-state index contributed by atoms with van der Waals surface area (Å²) in [6.45, 7) is 7.45. The van der Waals surface area contributed by atoms with Crippen LogP contribution in [0, 0.1) is 17.6 Å². The Hall–Kier alpha value is -0.610. The third-order valence-electron chi connectivity index (χ3n) is 2.86. The molecule has 4 heteroatoms. The van der Waals surface area contributed by atoms with Crippen molar-refractivity contribution < 1.29 is 8.78 Å². The topological polar surface area (TPSA) is 12.0 Å². The molecule has 0 aliphatic heterocycles. The van der Waals surface area contributed by atoms with E-state index in [1.165, 1.54) is 12.1 Å². The first kappa shape index (κ1) is 17.4. The second-order valence-electron chi connectivity index (χ2n) is 5.56. The summed E-state index contributed by atoms with van der Waals surface area (Å²) in [5.74, 6) is 1.75. The standard InChI is InChI=1S/C16H25F2NS/c1-4-5-19-16(11-20-10-12(2)3)8-13-6-14(17)9-15(18)7-13/h6-7,9,12,16,19H,4-5,8,10-11H2,1-3H3. The van der Waals surface area contributed by atoms with Gasteiger partial charge in [-0.05, 0) is 48.8 Å². The molecule has 0 fully saturated rings. The Morgan fingerprint density at radius 2 is 1.75 bits per heavy atom. The molecule has 1 rings (SSSR count). The predicted molar refractivity (Wildman–Crippen MR) is 84.3 cm³/mol. The van der Waals surface area contributed by atoms with E-state index in [-0.39, 0.29) is 6.04 Å². The van der Waals surface area contributed by atoms with E-state index in [9.17, 15) is 8.78 Å². The molecule has 0 saturated heterocycles. The number of hydrogen-bond acceptors (Lipinski definition) is 2. The van der Waals surface area contributed by atoms with E-state index in [0.717, 1.165) is 36.1 Å². The molecular weight excluding hydrogens is 276 g/mol. The highest BCUT2D eigenvalue weighted by Gasteiger charge is 2.11. The average molecular weight is 301 g/mol. The van der Waals surface area contributed by atoms with Crippen molar-refractivity contribution >= 4 is 11.8 Å². The Labute approximate surface area is 125 Å². The molecule has 1 nitrogen and oxygen atoms in total. The van der Waals surface area contributed by atoms with Gasteiger partial charge in [-0.3, -0.25) is 0 Å². The van der Waals surface area contributed by atoms with Gasteiger partial charge in [0.15, 0.2) is 0 Å². The van der Waals surface area contributed by atoms with Gasteiger partial charge in [0.25, 0.3) is 0 Å². The molecule has 0 amide bonds. The fourth-order valence-corrected chi connectivity index (χ4v) is 3.13. The SMILES string of the molecule is CCCNC(CSCC(C)C)Cc1cc(F)cc(F)c1. The molecule has 1 atom stereocenters. The summed E-state index contributed by atoms with van der Waals surface area (Å²) in [5, 5.41) is 3.46. The van der Waals surface area contributed by atoms with Gasteiger partial charge in [-0.1, -0.05) is 20.8 Å². The highest BCUT2D eigenvalue weighted by molar-refractivity contribution is 7.99. The Kier molecular flexibility index (Phi) is 8.15. The normalized spacial score (nSPS) is 12.9. The molecule has 20 heavy (non-hydrogen) atoms. The van der Waals surface area contributed by atoms with Crippen molar-refractivity contribution in [2.24, 2.45) is 5.92 Å². The highest BCUT2D eigenvalue weighted by atomic mass is 32.2. The average Bonchev–Trinajstić information content (AvgIpc) is 2.34. The van der Waals surface area contributed by atoms with Crippen molar-refractivity contribution in [1.29, 1.82) is 0 Å². The van der Waals surface area contributed by atoms with Gasteiger partial charge in [0.05, 0.1) is 0 Å². The molecule has 0 heterocycles. The maximum absolute atomic E-state index is 13.2. The number of rotatable bonds is 9. The van der Waals surface area contributed by atoms with Crippen molar-refractivity contribution in [2.45, 2.75) is 39.7 Å². The first-order valence-electron chi connectivity index (χ1n) is 7.27. The Morgan fingerprint density at radius 1 is 1.10 bits per heavy atom. The van der Waals surface area contributed by atoms with Crippen LogP contribution in [0.2, 0.25) is 0 Å². The molecule has 0 spiro atoms. The van der Waals surface area contributed by atoms with E-state index in [4.69, 9.17) is 0 Å². The molecule has 1 aromatic carbocycles. The molecule has 114 valence electrons. The van der Waals surface area contributed by atoms with E-state index in [0.29, 0.717) is 12.3 Å². The van der Waals surface area contributed by atoms with Crippen LogP contribution in [0.25, 0.3) is 0 Å². The van der Waals surface area contributed by atoms with Crippen LogP contribution >= 0.6 is 11.8 Å². The summed E-state index contributed by atoms with van der Waals surface area (Å²) in [7, 11) is 0.